The van der Waals surface area contributed by atoms with Crippen LogP contribution in [0.5, 0.6) is 0 Å². The van der Waals surface area contributed by atoms with E-state index in [1.807, 2.05) is 0 Å². The van der Waals surface area contributed by atoms with Crippen LogP contribution in [0.1, 0.15) is 44.9 Å². The first-order valence-corrected chi connectivity index (χ1v) is 9.19. The van der Waals surface area contributed by atoms with Crippen LogP contribution < -0.4 is 5.32 Å². The normalized spacial score (nSPS) is 28.0. The van der Waals surface area contributed by atoms with Gasteiger partial charge in [-0.2, -0.15) is 0 Å². The standard InChI is InChI=1S/C17H33N3O/c1-2-9-20(10-3-1)17-4-11-19(12-5-17)13-8-18-16-6-14-21-15-7-16/h16-18H,1-15H2. The van der Waals surface area contributed by atoms with Crippen molar-refractivity contribution >= 4 is 0 Å². The number of hydrogen-bond acceptors (Lipinski definition) is 4. The highest BCUT2D eigenvalue weighted by molar-refractivity contribution is 4.82. The first-order chi connectivity index (χ1) is 10.4. The number of nitrogens with zero attached hydrogens (tertiary/aromatic N) is 2. The van der Waals surface area contributed by atoms with Crippen LogP contribution in [0.15, 0.2) is 0 Å². The molecule has 21 heavy (non-hydrogen) atoms. The fourth-order valence-electron chi connectivity index (χ4n) is 4.12. The van der Waals surface area contributed by atoms with Crippen molar-refractivity contribution in [1.29, 1.82) is 0 Å². The van der Waals surface area contributed by atoms with Gasteiger partial charge in [0.2, 0.25) is 0 Å². The molecule has 4 nitrogen and oxygen atoms in total. The number of ether oxygens (including phenoxy) is 1. The molecule has 0 unspecified atom stereocenters. The molecule has 3 aliphatic rings. The Balaban J connectivity index is 1.28. The van der Waals surface area contributed by atoms with Crippen molar-refractivity contribution in [3.63, 3.8) is 0 Å². The molecule has 0 bridgehead atoms. The Morgan fingerprint density at radius 1 is 0.857 bits per heavy atom. The highest BCUT2D eigenvalue weighted by atomic mass is 16.5. The molecule has 3 aliphatic heterocycles. The van der Waals surface area contributed by atoms with E-state index in [0.717, 1.165) is 25.8 Å². The maximum absolute atomic E-state index is 5.41. The molecular weight excluding hydrogens is 262 g/mol. The third-order valence-corrected chi connectivity index (χ3v) is 5.55. The second-order valence-electron chi connectivity index (χ2n) is 7.01. The van der Waals surface area contributed by atoms with E-state index in [-0.39, 0.29) is 0 Å². The summed E-state index contributed by atoms with van der Waals surface area (Å²) in [6.07, 6.45) is 9.46. The van der Waals surface area contributed by atoms with Crippen molar-refractivity contribution in [2.24, 2.45) is 0 Å². The van der Waals surface area contributed by atoms with Crippen LogP contribution in [0.4, 0.5) is 0 Å². The van der Waals surface area contributed by atoms with E-state index >= 15 is 0 Å². The Labute approximate surface area is 130 Å². The summed E-state index contributed by atoms with van der Waals surface area (Å²) in [4.78, 5) is 5.42. The van der Waals surface area contributed by atoms with Gasteiger partial charge in [-0.05, 0) is 64.7 Å². The average Bonchev–Trinajstić information content (AvgIpc) is 2.57. The van der Waals surface area contributed by atoms with Crippen molar-refractivity contribution in [2.45, 2.75) is 57.0 Å². The Morgan fingerprint density at radius 2 is 1.57 bits per heavy atom. The monoisotopic (exact) mass is 295 g/mol. The molecule has 0 spiro atoms. The van der Waals surface area contributed by atoms with Crippen LogP contribution in [0.25, 0.3) is 0 Å². The van der Waals surface area contributed by atoms with Crippen LogP contribution in [0.3, 0.4) is 0 Å². The summed E-state index contributed by atoms with van der Waals surface area (Å²) >= 11 is 0. The quantitative estimate of drug-likeness (QED) is 0.835. The topological polar surface area (TPSA) is 27.7 Å². The second-order valence-corrected chi connectivity index (χ2v) is 7.01. The van der Waals surface area contributed by atoms with Gasteiger partial charge in [0.15, 0.2) is 0 Å². The third kappa shape index (κ3) is 4.92. The summed E-state index contributed by atoms with van der Waals surface area (Å²) in [5, 5.41) is 3.71. The van der Waals surface area contributed by atoms with E-state index < -0.39 is 0 Å². The zero-order valence-electron chi connectivity index (χ0n) is 13.6. The Bertz CT molecular complexity index is 277. The molecule has 0 aromatic carbocycles. The molecule has 3 rings (SSSR count). The van der Waals surface area contributed by atoms with Crippen LogP contribution in [-0.4, -0.2) is 74.4 Å². The van der Waals surface area contributed by atoms with Crippen LogP contribution in [0, 0.1) is 0 Å². The molecule has 0 radical (unpaired) electrons. The molecule has 122 valence electrons. The average molecular weight is 295 g/mol. The van der Waals surface area contributed by atoms with Gasteiger partial charge in [-0.3, -0.25) is 0 Å². The molecule has 3 fully saturated rings. The molecule has 3 heterocycles. The molecule has 0 aromatic rings. The minimum absolute atomic E-state index is 0.699. The third-order valence-electron chi connectivity index (χ3n) is 5.55. The van der Waals surface area contributed by atoms with E-state index in [1.54, 1.807) is 0 Å². The first kappa shape index (κ1) is 15.7. The predicted octanol–water partition coefficient (Wildman–Crippen LogP) is 1.71. The van der Waals surface area contributed by atoms with Crippen molar-refractivity contribution in [1.82, 2.24) is 15.1 Å². The van der Waals surface area contributed by atoms with Crippen LogP contribution in [0.2, 0.25) is 0 Å². The Morgan fingerprint density at radius 3 is 2.29 bits per heavy atom. The SMILES string of the molecule is C1CCN(C2CCN(CCNC3CCOCC3)CC2)CC1. The highest BCUT2D eigenvalue weighted by Crippen LogP contribution is 2.20. The van der Waals surface area contributed by atoms with Gasteiger partial charge in [-0.1, -0.05) is 6.42 Å². The van der Waals surface area contributed by atoms with Gasteiger partial charge in [-0.25, -0.2) is 0 Å². The minimum Gasteiger partial charge on any atom is -0.381 e. The van der Waals surface area contributed by atoms with E-state index in [1.165, 1.54) is 77.7 Å². The Kier molecular flexibility index (Phi) is 6.34. The lowest BCUT2D eigenvalue weighted by molar-refractivity contribution is 0.0740. The summed E-state index contributed by atoms with van der Waals surface area (Å²) in [5.74, 6) is 0. The molecule has 0 atom stereocenters. The van der Waals surface area contributed by atoms with E-state index in [2.05, 4.69) is 15.1 Å². The summed E-state index contributed by atoms with van der Waals surface area (Å²) in [5.41, 5.74) is 0. The summed E-state index contributed by atoms with van der Waals surface area (Å²) in [6, 6.07) is 1.58. The van der Waals surface area contributed by atoms with Gasteiger partial charge in [0.25, 0.3) is 0 Å². The van der Waals surface area contributed by atoms with Crippen molar-refractivity contribution < 1.29 is 4.74 Å². The highest BCUT2D eigenvalue weighted by Gasteiger charge is 2.25. The Hall–Kier alpha value is -0.160. The smallest absolute Gasteiger partial charge is 0.0480 e. The zero-order valence-corrected chi connectivity index (χ0v) is 13.6. The van der Waals surface area contributed by atoms with E-state index in [0.29, 0.717) is 6.04 Å². The van der Waals surface area contributed by atoms with E-state index in [4.69, 9.17) is 4.74 Å². The van der Waals surface area contributed by atoms with Gasteiger partial charge < -0.3 is 19.9 Å². The fourth-order valence-corrected chi connectivity index (χ4v) is 4.12. The number of nitrogens with one attached hydrogen (secondary N) is 1. The van der Waals surface area contributed by atoms with Crippen molar-refractivity contribution in [3.05, 3.63) is 0 Å². The van der Waals surface area contributed by atoms with E-state index in [9.17, 15) is 0 Å². The molecular formula is C17H33N3O. The van der Waals surface area contributed by atoms with Gasteiger partial charge in [0.05, 0.1) is 0 Å². The fraction of sp³-hybridized carbons (Fsp3) is 1.00. The summed E-state index contributed by atoms with van der Waals surface area (Å²) in [6.45, 7) is 9.58. The minimum atomic E-state index is 0.699. The summed E-state index contributed by atoms with van der Waals surface area (Å²) < 4.78 is 5.41. The largest absolute Gasteiger partial charge is 0.381 e. The van der Waals surface area contributed by atoms with Gasteiger partial charge in [-0.15, -0.1) is 0 Å². The van der Waals surface area contributed by atoms with Gasteiger partial charge in [0, 0.05) is 38.4 Å². The maximum Gasteiger partial charge on any atom is 0.0480 e. The first-order valence-electron chi connectivity index (χ1n) is 9.19. The lowest BCUT2D eigenvalue weighted by atomic mass is 10.00. The molecule has 0 amide bonds. The molecule has 0 aliphatic carbocycles. The molecule has 4 heteroatoms. The number of likely N-dealkylation sites (tertiary alicyclic amines) is 2. The molecule has 1 N–H and O–H groups in total. The predicted molar refractivity (Wildman–Crippen MR) is 86.7 cm³/mol. The lowest BCUT2D eigenvalue weighted by Gasteiger charge is -2.40. The lowest BCUT2D eigenvalue weighted by Crippen LogP contribution is -2.48. The maximum atomic E-state index is 5.41. The zero-order chi connectivity index (χ0) is 14.3. The van der Waals surface area contributed by atoms with Gasteiger partial charge in [0.1, 0.15) is 0 Å². The summed E-state index contributed by atoms with van der Waals surface area (Å²) in [7, 11) is 0. The van der Waals surface area contributed by atoms with Crippen LogP contribution >= 0.6 is 0 Å². The van der Waals surface area contributed by atoms with Gasteiger partial charge >= 0.3 is 0 Å². The number of hydrogen-bond donors (Lipinski definition) is 1. The van der Waals surface area contributed by atoms with Crippen molar-refractivity contribution in [3.8, 4) is 0 Å². The number of rotatable bonds is 5. The second kappa shape index (κ2) is 8.47. The molecule has 3 saturated heterocycles. The molecule has 0 saturated carbocycles. The molecule has 0 aromatic heterocycles. The van der Waals surface area contributed by atoms with Crippen molar-refractivity contribution in [2.75, 3.05) is 52.5 Å². The van der Waals surface area contributed by atoms with Crippen LogP contribution in [-0.2, 0) is 4.74 Å². The number of piperidine rings is 2.